The van der Waals surface area contributed by atoms with Crippen LogP contribution in [0.5, 0.6) is 0 Å². The summed E-state index contributed by atoms with van der Waals surface area (Å²) in [6.45, 7) is 1.86. The van der Waals surface area contributed by atoms with Crippen molar-refractivity contribution >= 4 is 33.3 Å². The Labute approximate surface area is 137 Å². The van der Waals surface area contributed by atoms with Gasteiger partial charge < -0.3 is 0 Å². The first kappa shape index (κ1) is 16.1. The third-order valence-electron chi connectivity index (χ3n) is 3.17. The van der Waals surface area contributed by atoms with Crippen LogP contribution in [0.15, 0.2) is 45.7 Å². The van der Waals surface area contributed by atoms with Gasteiger partial charge in [-0.15, -0.1) is 11.3 Å². The van der Waals surface area contributed by atoms with Gasteiger partial charge in [-0.1, -0.05) is 30.8 Å². The van der Waals surface area contributed by atoms with Gasteiger partial charge in [0.25, 0.3) is 5.56 Å². The summed E-state index contributed by atoms with van der Waals surface area (Å²) in [7, 11) is 0. The highest BCUT2D eigenvalue weighted by molar-refractivity contribution is 7.99. The van der Waals surface area contributed by atoms with E-state index in [0.29, 0.717) is 16.0 Å². The number of alkyl halides is 3. The molecule has 8 heteroatoms. The third-order valence-corrected chi connectivity index (χ3v) is 4.89. The molecule has 0 spiro atoms. The fraction of sp³-hybridized carbons (Fsp3) is 0.200. The van der Waals surface area contributed by atoms with Gasteiger partial charge in [-0.05, 0) is 29.3 Å². The van der Waals surface area contributed by atoms with Gasteiger partial charge in [0.2, 0.25) is 0 Å². The smallest absolute Gasteiger partial charge is 0.267 e. The highest BCUT2D eigenvalue weighted by Gasteiger charge is 2.34. The van der Waals surface area contributed by atoms with E-state index in [-0.39, 0.29) is 10.8 Å². The molecule has 3 aromatic rings. The van der Waals surface area contributed by atoms with Gasteiger partial charge in [0, 0.05) is 0 Å². The lowest BCUT2D eigenvalue weighted by Gasteiger charge is -2.16. The maximum absolute atomic E-state index is 13.3. The summed E-state index contributed by atoms with van der Waals surface area (Å²) in [4.78, 5) is 17.1. The van der Waals surface area contributed by atoms with Crippen molar-refractivity contribution in [1.29, 1.82) is 0 Å². The van der Waals surface area contributed by atoms with Crippen LogP contribution in [0.2, 0.25) is 0 Å². The van der Waals surface area contributed by atoms with Gasteiger partial charge >= 0.3 is 6.18 Å². The first-order chi connectivity index (χ1) is 10.9. The van der Waals surface area contributed by atoms with Crippen molar-refractivity contribution in [3.05, 3.63) is 51.6 Å². The molecule has 0 bridgehead atoms. The predicted molar refractivity (Wildman–Crippen MR) is 86.6 cm³/mol. The number of aromatic nitrogens is 2. The van der Waals surface area contributed by atoms with Gasteiger partial charge in [-0.2, -0.15) is 13.2 Å². The van der Waals surface area contributed by atoms with Crippen LogP contribution in [0.4, 0.5) is 13.2 Å². The fourth-order valence-corrected chi connectivity index (χ4v) is 3.73. The van der Waals surface area contributed by atoms with Crippen LogP contribution >= 0.6 is 23.1 Å². The molecule has 2 aromatic heterocycles. The molecule has 0 radical (unpaired) electrons. The zero-order valence-corrected chi connectivity index (χ0v) is 13.6. The molecule has 0 aliphatic heterocycles. The second-order valence-corrected chi connectivity index (χ2v) is 6.77. The molecule has 0 aliphatic rings. The number of thioether (sulfide) groups is 1. The molecular weight excluding hydrogens is 345 g/mol. The Morgan fingerprint density at radius 2 is 2.00 bits per heavy atom. The van der Waals surface area contributed by atoms with Gasteiger partial charge in [-0.25, -0.2) is 4.98 Å². The van der Waals surface area contributed by atoms with E-state index < -0.39 is 17.3 Å². The summed E-state index contributed by atoms with van der Waals surface area (Å²) >= 11 is 2.41. The monoisotopic (exact) mass is 356 g/mol. The van der Waals surface area contributed by atoms with Crippen molar-refractivity contribution in [2.75, 3.05) is 5.75 Å². The Bertz CT molecular complexity index is 915. The average Bonchev–Trinajstić information content (AvgIpc) is 2.96. The van der Waals surface area contributed by atoms with E-state index in [1.807, 2.05) is 6.92 Å². The Hall–Kier alpha value is -1.80. The summed E-state index contributed by atoms with van der Waals surface area (Å²) in [6.07, 6.45) is -4.55. The quantitative estimate of drug-likeness (QED) is 0.509. The Morgan fingerprint density at radius 3 is 2.70 bits per heavy atom. The molecule has 0 atom stereocenters. The molecule has 0 unspecified atom stereocenters. The fourth-order valence-electron chi connectivity index (χ4n) is 2.24. The second-order valence-electron chi connectivity index (χ2n) is 4.62. The number of rotatable bonds is 3. The predicted octanol–water partition coefficient (Wildman–Crippen LogP) is 4.58. The molecule has 3 rings (SSSR count). The van der Waals surface area contributed by atoms with Gasteiger partial charge in [-0.3, -0.25) is 9.36 Å². The van der Waals surface area contributed by atoms with E-state index in [9.17, 15) is 18.0 Å². The minimum atomic E-state index is -4.55. The molecule has 0 aliphatic carbocycles. The minimum absolute atomic E-state index is 0.191. The maximum Gasteiger partial charge on any atom is 0.418 e. The van der Waals surface area contributed by atoms with Gasteiger partial charge in [0.15, 0.2) is 5.16 Å². The number of hydrogen-bond acceptors (Lipinski definition) is 4. The van der Waals surface area contributed by atoms with Crippen molar-refractivity contribution in [2.45, 2.75) is 18.3 Å². The van der Waals surface area contributed by atoms with Crippen LogP contribution < -0.4 is 5.56 Å². The lowest BCUT2D eigenvalue weighted by atomic mass is 10.1. The van der Waals surface area contributed by atoms with Crippen LogP contribution in [-0.2, 0) is 6.18 Å². The second kappa shape index (κ2) is 6.01. The highest BCUT2D eigenvalue weighted by atomic mass is 32.2. The number of para-hydroxylation sites is 1. The van der Waals surface area contributed by atoms with Crippen LogP contribution in [0.3, 0.4) is 0 Å². The zero-order chi connectivity index (χ0) is 16.6. The van der Waals surface area contributed by atoms with E-state index in [1.165, 1.54) is 41.3 Å². The highest BCUT2D eigenvalue weighted by Crippen LogP contribution is 2.35. The number of hydrogen-bond donors (Lipinski definition) is 0. The Balaban J connectivity index is 2.38. The van der Waals surface area contributed by atoms with E-state index in [4.69, 9.17) is 0 Å². The zero-order valence-electron chi connectivity index (χ0n) is 11.9. The number of nitrogens with zero attached hydrogens (tertiary/aromatic N) is 2. The molecule has 23 heavy (non-hydrogen) atoms. The van der Waals surface area contributed by atoms with E-state index >= 15 is 0 Å². The number of benzene rings is 1. The van der Waals surface area contributed by atoms with Crippen LogP contribution in [0.25, 0.3) is 15.9 Å². The molecule has 3 nitrogen and oxygen atoms in total. The van der Waals surface area contributed by atoms with E-state index in [0.717, 1.165) is 10.6 Å². The van der Waals surface area contributed by atoms with Crippen molar-refractivity contribution in [3.8, 4) is 5.69 Å². The molecule has 120 valence electrons. The van der Waals surface area contributed by atoms with Gasteiger partial charge in [0.1, 0.15) is 4.70 Å². The summed E-state index contributed by atoms with van der Waals surface area (Å²) in [5.74, 6) is 0.594. The van der Waals surface area contributed by atoms with Crippen molar-refractivity contribution in [3.63, 3.8) is 0 Å². The molecule has 0 fully saturated rings. The third kappa shape index (κ3) is 2.88. The standard InChI is InChI=1S/C15H11F3N2OS2/c1-2-22-14-19-10-7-8-23-12(10)13(21)20(14)11-6-4-3-5-9(11)15(16,17)18/h3-8H,2H2,1H3. The number of fused-ring (bicyclic) bond motifs is 1. The van der Waals surface area contributed by atoms with Crippen LogP contribution in [-0.4, -0.2) is 15.3 Å². The SMILES string of the molecule is CCSc1nc2ccsc2c(=O)n1-c1ccccc1C(F)(F)F. The maximum atomic E-state index is 13.3. The summed E-state index contributed by atoms with van der Waals surface area (Å²) < 4.78 is 41.3. The number of thiophene rings is 1. The van der Waals surface area contributed by atoms with Crippen molar-refractivity contribution < 1.29 is 13.2 Å². The van der Waals surface area contributed by atoms with Gasteiger partial charge in [0.05, 0.1) is 16.8 Å². The lowest BCUT2D eigenvalue weighted by Crippen LogP contribution is -2.24. The number of halogens is 3. The van der Waals surface area contributed by atoms with Crippen molar-refractivity contribution in [1.82, 2.24) is 9.55 Å². The Kier molecular flexibility index (Phi) is 4.20. The first-order valence-electron chi connectivity index (χ1n) is 6.73. The topological polar surface area (TPSA) is 34.9 Å². The molecule has 0 saturated heterocycles. The van der Waals surface area contributed by atoms with E-state index in [1.54, 1.807) is 11.4 Å². The van der Waals surface area contributed by atoms with Crippen LogP contribution in [0, 0.1) is 0 Å². The molecular formula is C15H11F3N2OS2. The molecule has 0 amide bonds. The Morgan fingerprint density at radius 1 is 1.26 bits per heavy atom. The normalized spacial score (nSPS) is 12.0. The first-order valence-corrected chi connectivity index (χ1v) is 8.59. The molecule has 2 heterocycles. The summed E-state index contributed by atoms with van der Waals surface area (Å²) in [5.41, 5.74) is -1.00. The van der Waals surface area contributed by atoms with Crippen molar-refractivity contribution in [2.24, 2.45) is 0 Å². The molecule has 0 N–H and O–H groups in total. The molecule has 1 aromatic carbocycles. The molecule has 0 saturated carbocycles. The average molecular weight is 356 g/mol. The van der Waals surface area contributed by atoms with E-state index in [2.05, 4.69) is 4.98 Å². The summed E-state index contributed by atoms with van der Waals surface area (Å²) in [5, 5.41) is 1.97. The lowest BCUT2D eigenvalue weighted by molar-refractivity contribution is -0.137. The van der Waals surface area contributed by atoms with Crippen LogP contribution in [0.1, 0.15) is 12.5 Å². The largest absolute Gasteiger partial charge is 0.418 e. The minimum Gasteiger partial charge on any atom is -0.267 e. The summed E-state index contributed by atoms with van der Waals surface area (Å²) in [6, 6.07) is 6.75.